The van der Waals surface area contributed by atoms with E-state index in [2.05, 4.69) is 5.32 Å². The summed E-state index contributed by atoms with van der Waals surface area (Å²) in [5.41, 5.74) is 1.77. The number of rotatable bonds is 5. The molecular weight excluding hydrogens is 389 g/mol. The monoisotopic (exact) mass is 407 g/mol. The zero-order valence-corrected chi connectivity index (χ0v) is 16.1. The van der Waals surface area contributed by atoms with E-state index >= 15 is 0 Å². The average Bonchev–Trinajstić information content (AvgIpc) is 3.22. The number of halogens is 1. The fourth-order valence-electron chi connectivity index (χ4n) is 3.39. The molecule has 2 heterocycles. The van der Waals surface area contributed by atoms with Gasteiger partial charge in [0.1, 0.15) is 18.1 Å². The zero-order valence-electron chi connectivity index (χ0n) is 16.1. The molecule has 1 fully saturated rings. The molecular formula is C22H18FN3O4. The number of hydrogen-bond acceptors (Lipinski definition) is 4. The second-order valence-electron chi connectivity index (χ2n) is 6.78. The second-order valence-corrected chi connectivity index (χ2v) is 6.78. The quantitative estimate of drug-likeness (QED) is 0.401. The molecule has 3 aromatic rings. The fourth-order valence-corrected chi connectivity index (χ4v) is 3.39. The molecule has 2 aromatic carbocycles. The SMILES string of the molecule is COC(=O)Cn1cc(/C=C2\NC(=O)N(Cc3ccccc3F)C2=O)c2ccccc21. The van der Waals surface area contributed by atoms with Crippen LogP contribution in [0.3, 0.4) is 0 Å². The number of aromatic nitrogens is 1. The summed E-state index contributed by atoms with van der Waals surface area (Å²) in [6.07, 6.45) is 3.27. The first kappa shape index (κ1) is 19.4. The Balaban J connectivity index is 1.66. The van der Waals surface area contributed by atoms with Crippen LogP contribution in [0.2, 0.25) is 0 Å². The van der Waals surface area contributed by atoms with Gasteiger partial charge in [-0.3, -0.25) is 14.5 Å². The maximum absolute atomic E-state index is 13.9. The number of esters is 1. The Morgan fingerprint density at radius 3 is 2.63 bits per heavy atom. The van der Waals surface area contributed by atoms with Crippen LogP contribution in [0.4, 0.5) is 9.18 Å². The maximum Gasteiger partial charge on any atom is 0.329 e. The number of carbonyl (C=O) groups is 3. The van der Waals surface area contributed by atoms with Crippen LogP contribution in [0.25, 0.3) is 17.0 Å². The molecule has 4 rings (SSSR count). The summed E-state index contributed by atoms with van der Waals surface area (Å²) in [5, 5.41) is 3.35. The highest BCUT2D eigenvalue weighted by molar-refractivity contribution is 6.14. The number of carbonyl (C=O) groups excluding carboxylic acids is 3. The molecule has 0 saturated carbocycles. The number of para-hydroxylation sites is 1. The second kappa shape index (κ2) is 7.82. The summed E-state index contributed by atoms with van der Waals surface area (Å²) in [5.74, 6) is -1.44. The number of nitrogens with one attached hydrogen (secondary N) is 1. The standard InChI is InChI=1S/C22H18FN3O4/c1-30-20(27)13-25-11-15(16-7-3-5-9-19(16)25)10-18-21(28)26(22(29)24-18)12-14-6-2-4-8-17(14)23/h2-11H,12-13H2,1H3,(H,24,29)/b18-10-. The minimum Gasteiger partial charge on any atom is -0.468 e. The third kappa shape index (κ3) is 3.55. The Kier molecular flexibility index (Phi) is 5.05. The van der Waals surface area contributed by atoms with E-state index in [4.69, 9.17) is 4.74 Å². The number of nitrogens with zero attached hydrogens (tertiary/aromatic N) is 2. The molecule has 0 spiro atoms. The van der Waals surface area contributed by atoms with Gasteiger partial charge in [0, 0.05) is 28.2 Å². The Morgan fingerprint density at radius 1 is 1.13 bits per heavy atom. The van der Waals surface area contributed by atoms with Crippen molar-refractivity contribution in [2.75, 3.05) is 7.11 Å². The number of hydrogen-bond donors (Lipinski definition) is 1. The van der Waals surface area contributed by atoms with Crippen LogP contribution in [-0.4, -0.2) is 34.5 Å². The zero-order chi connectivity index (χ0) is 21.3. The van der Waals surface area contributed by atoms with Gasteiger partial charge in [-0.15, -0.1) is 0 Å². The third-order valence-corrected chi connectivity index (χ3v) is 4.89. The molecule has 152 valence electrons. The fraction of sp³-hybridized carbons (Fsp3) is 0.136. The lowest BCUT2D eigenvalue weighted by atomic mass is 10.1. The van der Waals surface area contributed by atoms with E-state index in [0.29, 0.717) is 5.56 Å². The van der Waals surface area contributed by atoms with Gasteiger partial charge in [0.15, 0.2) is 0 Å². The van der Waals surface area contributed by atoms with Gasteiger partial charge >= 0.3 is 12.0 Å². The van der Waals surface area contributed by atoms with Gasteiger partial charge in [-0.1, -0.05) is 36.4 Å². The van der Waals surface area contributed by atoms with Gasteiger partial charge in [-0.05, 0) is 18.2 Å². The van der Waals surface area contributed by atoms with Crippen molar-refractivity contribution in [2.24, 2.45) is 0 Å². The van der Waals surface area contributed by atoms with Crippen LogP contribution in [0.15, 0.2) is 60.4 Å². The van der Waals surface area contributed by atoms with Gasteiger partial charge in [0.2, 0.25) is 0 Å². The average molecular weight is 407 g/mol. The number of urea groups is 1. The predicted molar refractivity (Wildman–Crippen MR) is 107 cm³/mol. The van der Waals surface area contributed by atoms with Crippen LogP contribution in [0.1, 0.15) is 11.1 Å². The summed E-state index contributed by atoms with van der Waals surface area (Å²) >= 11 is 0. The van der Waals surface area contributed by atoms with Crippen molar-refractivity contribution in [1.29, 1.82) is 0 Å². The van der Waals surface area contributed by atoms with Crippen LogP contribution in [0.5, 0.6) is 0 Å². The van der Waals surface area contributed by atoms with Crippen molar-refractivity contribution in [3.63, 3.8) is 0 Å². The molecule has 1 aromatic heterocycles. The molecule has 1 N–H and O–H groups in total. The molecule has 0 radical (unpaired) electrons. The van der Waals surface area contributed by atoms with Crippen molar-refractivity contribution in [3.8, 4) is 0 Å². The molecule has 1 aliphatic rings. The van der Waals surface area contributed by atoms with Crippen LogP contribution in [-0.2, 0) is 27.4 Å². The van der Waals surface area contributed by atoms with E-state index in [9.17, 15) is 18.8 Å². The highest BCUT2D eigenvalue weighted by atomic mass is 19.1. The van der Waals surface area contributed by atoms with Crippen molar-refractivity contribution < 1.29 is 23.5 Å². The summed E-state index contributed by atoms with van der Waals surface area (Å²) in [6, 6.07) is 12.8. The number of methoxy groups -OCH3 is 1. The Bertz CT molecular complexity index is 1200. The molecule has 0 bridgehead atoms. The van der Waals surface area contributed by atoms with Gasteiger partial charge < -0.3 is 14.6 Å². The predicted octanol–water partition coefficient (Wildman–Crippen LogP) is 3.05. The van der Waals surface area contributed by atoms with E-state index < -0.39 is 23.7 Å². The molecule has 7 nitrogen and oxygen atoms in total. The lowest BCUT2D eigenvalue weighted by molar-refractivity contribution is -0.141. The topological polar surface area (TPSA) is 80.6 Å². The number of benzene rings is 2. The summed E-state index contributed by atoms with van der Waals surface area (Å²) in [6.45, 7) is -0.154. The smallest absolute Gasteiger partial charge is 0.329 e. The van der Waals surface area contributed by atoms with Crippen LogP contribution >= 0.6 is 0 Å². The normalized spacial score (nSPS) is 15.1. The Labute approximate surface area is 171 Å². The van der Waals surface area contributed by atoms with Gasteiger partial charge in [-0.2, -0.15) is 0 Å². The van der Waals surface area contributed by atoms with E-state index in [1.54, 1.807) is 29.0 Å². The van der Waals surface area contributed by atoms with Gasteiger partial charge in [-0.25, -0.2) is 9.18 Å². The summed E-state index contributed by atoms with van der Waals surface area (Å²) < 4.78 is 20.4. The minimum atomic E-state index is -0.618. The van der Waals surface area contributed by atoms with E-state index in [1.807, 2.05) is 24.3 Å². The summed E-state index contributed by atoms with van der Waals surface area (Å²) in [7, 11) is 1.31. The lowest BCUT2D eigenvalue weighted by Gasteiger charge is -2.12. The molecule has 1 saturated heterocycles. The van der Waals surface area contributed by atoms with Gasteiger partial charge in [0.25, 0.3) is 5.91 Å². The maximum atomic E-state index is 13.9. The van der Waals surface area contributed by atoms with E-state index in [0.717, 1.165) is 15.8 Å². The molecule has 0 unspecified atom stereocenters. The number of fused-ring (bicyclic) bond motifs is 1. The highest BCUT2D eigenvalue weighted by Crippen LogP contribution is 2.25. The third-order valence-electron chi connectivity index (χ3n) is 4.89. The lowest BCUT2D eigenvalue weighted by Crippen LogP contribution is -2.30. The number of ether oxygens (including phenoxy) is 1. The minimum absolute atomic E-state index is 0.0138. The highest BCUT2D eigenvalue weighted by Gasteiger charge is 2.34. The number of imide groups is 1. The van der Waals surface area contributed by atoms with Crippen molar-refractivity contribution >= 4 is 34.9 Å². The van der Waals surface area contributed by atoms with Crippen LogP contribution < -0.4 is 5.32 Å². The number of amides is 3. The van der Waals surface area contributed by atoms with E-state index in [-0.39, 0.29) is 24.4 Å². The first-order chi connectivity index (χ1) is 14.5. The van der Waals surface area contributed by atoms with E-state index in [1.165, 1.54) is 19.2 Å². The van der Waals surface area contributed by atoms with Crippen molar-refractivity contribution in [3.05, 3.63) is 77.4 Å². The molecule has 8 heteroatoms. The first-order valence-corrected chi connectivity index (χ1v) is 9.20. The summed E-state index contributed by atoms with van der Waals surface area (Å²) in [4.78, 5) is 37.8. The molecule has 3 amide bonds. The molecule has 1 aliphatic heterocycles. The first-order valence-electron chi connectivity index (χ1n) is 9.20. The Hall–Kier alpha value is -3.94. The molecule has 0 atom stereocenters. The Morgan fingerprint density at radius 2 is 1.87 bits per heavy atom. The van der Waals surface area contributed by atoms with Crippen LogP contribution in [0, 0.1) is 5.82 Å². The largest absolute Gasteiger partial charge is 0.468 e. The van der Waals surface area contributed by atoms with Crippen molar-refractivity contribution in [2.45, 2.75) is 13.1 Å². The molecule has 30 heavy (non-hydrogen) atoms. The van der Waals surface area contributed by atoms with Crippen molar-refractivity contribution in [1.82, 2.24) is 14.8 Å². The van der Waals surface area contributed by atoms with Gasteiger partial charge in [0.05, 0.1) is 13.7 Å². The molecule has 0 aliphatic carbocycles.